The highest BCUT2D eigenvalue weighted by Crippen LogP contribution is 2.36. The maximum atomic E-state index is 13.7. The second-order valence-electron chi connectivity index (χ2n) is 8.52. The van der Waals surface area contributed by atoms with Crippen molar-refractivity contribution >= 4 is 35.3 Å². The van der Waals surface area contributed by atoms with E-state index in [0.29, 0.717) is 5.56 Å². The SMILES string of the molecule is C=CCc1c2c(cc3c1C(=O)C(OC(=O)OCC)=CC3=O)C(=O)c1ccc(OCC(=O)OCC)cc1CC2=O. The molecule has 0 spiro atoms. The molecular weight excluding hydrogens is 508 g/mol. The molecule has 10 heteroatoms. The van der Waals surface area contributed by atoms with Crippen molar-refractivity contribution in [2.45, 2.75) is 26.7 Å². The first kappa shape index (κ1) is 27.2. The Morgan fingerprint density at radius 1 is 0.923 bits per heavy atom. The maximum Gasteiger partial charge on any atom is 0.513 e. The molecule has 2 aromatic rings. The Kier molecular flexibility index (Phi) is 7.85. The number of esters is 1. The minimum absolute atomic E-state index is 0.00713. The first-order valence-electron chi connectivity index (χ1n) is 12.1. The number of benzene rings is 2. The third-order valence-corrected chi connectivity index (χ3v) is 6.07. The Morgan fingerprint density at radius 3 is 2.36 bits per heavy atom. The quantitative estimate of drug-likeness (QED) is 0.365. The van der Waals surface area contributed by atoms with Crippen molar-refractivity contribution in [2.75, 3.05) is 19.8 Å². The van der Waals surface area contributed by atoms with E-state index in [1.807, 2.05) is 0 Å². The van der Waals surface area contributed by atoms with E-state index in [0.717, 1.165) is 6.08 Å². The van der Waals surface area contributed by atoms with Crippen molar-refractivity contribution in [2.24, 2.45) is 0 Å². The lowest BCUT2D eigenvalue weighted by molar-refractivity contribution is -0.145. The molecule has 0 saturated heterocycles. The Labute approximate surface area is 223 Å². The monoisotopic (exact) mass is 532 g/mol. The minimum atomic E-state index is -1.16. The van der Waals surface area contributed by atoms with Crippen LogP contribution in [0.2, 0.25) is 0 Å². The van der Waals surface area contributed by atoms with Crippen LogP contribution in [0, 0.1) is 0 Å². The number of hydrogen-bond acceptors (Lipinski definition) is 10. The summed E-state index contributed by atoms with van der Waals surface area (Å²) in [6.45, 7) is 6.74. The van der Waals surface area contributed by atoms with Crippen LogP contribution in [-0.2, 0) is 31.8 Å². The lowest BCUT2D eigenvalue weighted by Crippen LogP contribution is -2.25. The summed E-state index contributed by atoms with van der Waals surface area (Å²) in [6, 6.07) is 5.69. The van der Waals surface area contributed by atoms with Gasteiger partial charge in [0.25, 0.3) is 0 Å². The zero-order valence-corrected chi connectivity index (χ0v) is 21.3. The first-order chi connectivity index (χ1) is 18.7. The van der Waals surface area contributed by atoms with Crippen LogP contribution in [-0.4, -0.2) is 55.1 Å². The molecule has 200 valence electrons. The van der Waals surface area contributed by atoms with Crippen LogP contribution in [0.3, 0.4) is 0 Å². The fourth-order valence-electron chi connectivity index (χ4n) is 4.52. The maximum absolute atomic E-state index is 13.7. The van der Waals surface area contributed by atoms with Gasteiger partial charge in [-0.25, -0.2) is 9.59 Å². The topological polar surface area (TPSA) is 139 Å². The zero-order valence-electron chi connectivity index (χ0n) is 21.3. The number of ketones is 4. The molecule has 0 unspecified atom stereocenters. The van der Waals surface area contributed by atoms with Crippen molar-refractivity contribution in [3.05, 3.63) is 87.7 Å². The van der Waals surface area contributed by atoms with Gasteiger partial charge in [-0.05, 0) is 55.7 Å². The average Bonchev–Trinajstić information content (AvgIpc) is 2.99. The molecule has 39 heavy (non-hydrogen) atoms. The molecule has 0 radical (unpaired) electrons. The van der Waals surface area contributed by atoms with Gasteiger partial charge in [0.15, 0.2) is 29.7 Å². The molecule has 0 N–H and O–H groups in total. The molecular formula is C29H24O10. The predicted octanol–water partition coefficient (Wildman–Crippen LogP) is 3.76. The highest BCUT2D eigenvalue weighted by molar-refractivity contribution is 6.28. The van der Waals surface area contributed by atoms with E-state index in [9.17, 15) is 28.8 Å². The van der Waals surface area contributed by atoms with Crippen LogP contribution in [0.4, 0.5) is 4.79 Å². The molecule has 2 aliphatic carbocycles. The number of carbonyl (C=O) groups excluding carboxylic acids is 6. The summed E-state index contributed by atoms with van der Waals surface area (Å²) in [5, 5.41) is 0. The van der Waals surface area contributed by atoms with E-state index >= 15 is 0 Å². The van der Waals surface area contributed by atoms with Gasteiger partial charge in [-0.15, -0.1) is 6.58 Å². The molecule has 0 aromatic heterocycles. The van der Waals surface area contributed by atoms with E-state index in [1.165, 1.54) is 30.3 Å². The Bertz CT molecular complexity index is 1480. The minimum Gasteiger partial charge on any atom is -0.482 e. The molecule has 0 heterocycles. The van der Waals surface area contributed by atoms with Crippen LogP contribution in [0.25, 0.3) is 0 Å². The fourth-order valence-corrected chi connectivity index (χ4v) is 4.52. The molecule has 0 bridgehead atoms. The fraction of sp³-hybridized carbons (Fsp3) is 0.241. The van der Waals surface area contributed by atoms with Crippen LogP contribution in [0.5, 0.6) is 5.75 Å². The summed E-state index contributed by atoms with van der Waals surface area (Å²) < 4.78 is 19.9. The highest BCUT2D eigenvalue weighted by atomic mass is 16.7. The van der Waals surface area contributed by atoms with Gasteiger partial charge in [0.05, 0.1) is 13.2 Å². The van der Waals surface area contributed by atoms with E-state index in [-0.39, 0.29) is 71.8 Å². The molecule has 2 aliphatic rings. The number of ether oxygens (including phenoxy) is 4. The Morgan fingerprint density at radius 2 is 1.67 bits per heavy atom. The summed E-state index contributed by atoms with van der Waals surface area (Å²) >= 11 is 0. The van der Waals surface area contributed by atoms with Gasteiger partial charge in [0.1, 0.15) is 5.75 Å². The molecule has 0 aliphatic heterocycles. The number of rotatable bonds is 8. The van der Waals surface area contributed by atoms with Gasteiger partial charge in [-0.1, -0.05) is 6.08 Å². The van der Waals surface area contributed by atoms with Gasteiger partial charge in [-0.2, -0.15) is 0 Å². The van der Waals surface area contributed by atoms with Crippen molar-refractivity contribution in [3.8, 4) is 5.75 Å². The van der Waals surface area contributed by atoms with Crippen LogP contribution in [0.1, 0.15) is 72.0 Å². The summed E-state index contributed by atoms with van der Waals surface area (Å²) in [6.07, 6.45) is 0.916. The third-order valence-electron chi connectivity index (χ3n) is 6.07. The van der Waals surface area contributed by atoms with Gasteiger partial charge in [0, 0.05) is 40.3 Å². The molecule has 0 atom stereocenters. The first-order valence-corrected chi connectivity index (χ1v) is 12.1. The third kappa shape index (κ3) is 5.26. The molecule has 0 amide bonds. The lowest BCUT2D eigenvalue weighted by Gasteiger charge is -2.21. The predicted molar refractivity (Wildman–Crippen MR) is 135 cm³/mol. The summed E-state index contributed by atoms with van der Waals surface area (Å²) in [5.74, 6) is -3.32. The molecule has 4 rings (SSSR count). The van der Waals surface area contributed by atoms with Crippen molar-refractivity contribution in [1.29, 1.82) is 0 Å². The van der Waals surface area contributed by atoms with Crippen LogP contribution < -0.4 is 4.74 Å². The highest BCUT2D eigenvalue weighted by Gasteiger charge is 2.37. The van der Waals surface area contributed by atoms with Gasteiger partial charge < -0.3 is 18.9 Å². The zero-order chi connectivity index (χ0) is 28.3. The Balaban J connectivity index is 1.79. The van der Waals surface area contributed by atoms with E-state index in [4.69, 9.17) is 18.9 Å². The number of hydrogen-bond donors (Lipinski definition) is 0. The van der Waals surface area contributed by atoms with E-state index in [1.54, 1.807) is 13.8 Å². The second-order valence-corrected chi connectivity index (χ2v) is 8.52. The number of Topliss-reactive ketones (excluding diaryl/α,β-unsaturated/α-hetero) is 2. The van der Waals surface area contributed by atoms with Crippen molar-refractivity contribution in [3.63, 3.8) is 0 Å². The average molecular weight is 533 g/mol. The Hall–Kier alpha value is -4.86. The number of fused-ring (bicyclic) bond motifs is 3. The van der Waals surface area contributed by atoms with Gasteiger partial charge in [-0.3, -0.25) is 19.2 Å². The summed E-state index contributed by atoms with van der Waals surface area (Å²) in [5.41, 5.74) is 0.440. The van der Waals surface area contributed by atoms with Crippen LogP contribution >= 0.6 is 0 Å². The molecule has 10 nitrogen and oxygen atoms in total. The smallest absolute Gasteiger partial charge is 0.482 e. The van der Waals surface area contributed by atoms with Crippen molar-refractivity contribution < 1.29 is 47.7 Å². The molecule has 0 saturated carbocycles. The molecule has 2 aromatic carbocycles. The second kappa shape index (κ2) is 11.3. The van der Waals surface area contributed by atoms with E-state index < -0.39 is 41.0 Å². The largest absolute Gasteiger partial charge is 0.513 e. The summed E-state index contributed by atoms with van der Waals surface area (Å²) in [4.78, 5) is 77.1. The van der Waals surface area contributed by atoms with Gasteiger partial charge in [0.2, 0.25) is 5.78 Å². The number of allylic oxidation sites excluding steroid dienone is 3. The lowest BCUT2D eigenvalue weighted by atomic mass is 9.81. The molecule has 0 fully saturated rings. The van der Waals surface area contributed by atoms with Gasteiger partial charge >= 0.3 is 12.1 Å². The summed E-state index contributed by atoms with van der Waals surface area (Å²) in [7, 11) is 0. The van der Waals surface area contributed by atoms with Crippen LogP contribution in [0.15, 0.2) is 48.8 Å². The normalized spacial score (nSPS) is 13.8. The standard InChI is InChI=1S/C29H24O10/c1-4-7-18-25-20(12-19-21(30)13-23(28(34)26(18)19)39-29(35)37-6-3)27(33)17-9-8-16(10-15(17)11-22(25)31)38-14-24(32)36-5-2/h4,8-10,12-13H,1,5-7,11,14H2,2-3H3. The van der Waals surface area contributed by atoms with E-state index in [2.05, 4.69) is 6.58 Å². The van der Waals surface area contributed by atoms with Crippen molar-refractivity contribution in [1.82, 2.24) is 0 Å². The number of carbonyl (C=O) groups is 6.